The zero-order chi connectivity index (χ0) is 29.1. The van der Waals surface area contributed by atoms with Gasteiger partial charge in [-0.15, -0.1) is 13.2 Å². The maximum Gasteiger partial charge on any atom is 0.576 e. The molecule has 0 spiro atoms. The molecule has 3 aliphatic rings. The van der Waals surface area contributed by atoms with Crippen molar-refractivity contribution in [2.24, 2.45) is 17.8 Å². The Kier molecular flexibility index (Phi) is 9.98. The second kappa shape index (κ2) is 12.9. The molecule has 1 aromatic rings. The highest BCUT2D eigenvalue weighted by Crippen LogP contribution is 2.38. The first-order valence-electron chi connectivity index (χ1n) is 14.0. The van der Waals surface area contributed by atoms with Gasteiger partial charge in [-0.1, -0.05) is 0 Å². The number of carbonyl (C=O) groups excluding carboxylic acids is 1. The van der Waals surface area contributed by atoms with Crippen LogP contribution in [0.2, 0.25) is 0 Å². The topological polar surface area (TPSA) is 70.2 Å². The van der Waals surface area contributed by atoms with Crippen LogP contribution in [0.5, 0.6) is 0 Å². The molecule has 40 heavy (non-hydrogen) atoms. The largest absolute Gasteiger partial charge is 0.576 e. The van der Waals surface area contributed by atoms with E-state index in [-0.39, 0.29) is 24.9 Å². The van der Waals surface area contributed by atoms with Gasteiger partial charge in [0.25, 0.3) is 0 Å². The lowest BCUT2D eigenvalue weighted by atomic mass is 9.77. The number of nitrogens with zero attached hydrogens (tertiary/aromatic N) is 3. The van der Waals surface area contributed by atoms with E-state index in [1.54, 1.807) is 0 Å². The van der Waals surface area contributed by atoms with E-state index in [0.717, 1.165) is 43.4 Å². The maximum atomic E-state index is 14.1. The van der Waals surface area contributed by atoms with Gasteiger partial charge in [0.15, 0.2) is 0 Å². The van der Waals surface area contributed by atoms with Gasteiger partial charge in [0.2, 0.25) is 10.0 Å². The molecular formula is C27H38F5N3O4S. The number of piperidine rings is 3. The van der Waals surface area contributed by atoms with Crippen LogP contribution in [-0.2, 0) is 14.8 Å². The molecule has 0 bridgehead atoms. The predicted molar refractivity (Wildman–Crippen MR) is 139 cm³/mol. The summed E-state index contributed by atoms with van der Waals surface area (Å²) < 4.78 is 94.1. The van der Waals surface area contributed by atoms with Crippen molar-refractivity contribution < 1.29 is 39.9 Å². The molecule has 7 nitrogen and oxygen atoms in total. The Bertz CT molecular complexity index is 1090. The molecule has 3 heterocycles. The van der Waals surface area contributed by atoms with E-state index in [0.29, 0.717) is 62.6 Å². The van der Waals surface area contributed by atoms with Crippen molar-refractivity contribution >= 4 is 16.1 Å². The fourth-order valence-electron chi connectivity index (χ4n) is 6.76. The van der Waals surface area contributed by atoms with Crippen molar-refractivity contribution in [3.63, 3.8) is 0 Å². The number of rotatable bonds is 7. The van der Waals surface area contributed by atoms with Crippen LogP contribution in [0.25, 0.3) is 0 Å². The summed E-state index contributed by atoms with van der Waals surface area (Å²) >= 11 is 0. The molecule has 1 amide bonds. The van der Waals surface area contributed by atoms with E-state index in [4.69, 9.17) is 0 Å². The lowest BCUT2D eigenvalue weighted by molar-refractivity contribution is -0.295. The second-order valence-corrected chi connectivity index (χ2v) is 13.4. The summed E-state index contributed by atoms with van der Waals surface area (Å²) in [6, 6.07) is 3.64. The summed E-state index contributed by atoms with van der Waals surface area (Å²) in [5, 5.41) is 0. The summed E-state index contributed by atoms with van der Waals surface area (Å²) in [7, 11) is -3.28. The Hall–Kier alpha value is -1.99. The van der Waals surface area contributed by atoms with Gasteiger partial charge < -0.3 is 14.5 Å². The molecule has 4 rings (SSSR count). The quantitative estimate of drug-likeness (QED) is 0.406. The Morgan fingerprint density at radius 1 is 0.900 bits per heavy atom. The second-order valence-electron chi connectivity index (χ2n) is 11.4. The fourth-order valence-corrected chi connectivity index (χ4v) is 7.63. The number of benzene rings is 1. The minimum atomic E-state index is -4.98. The predicted octanol–water partition coefficient (Wildman–Crippen LogP) is 5.19. The summed E-state index contributed by atoms with van der Waals surface area (Å²) in [5.41, 5.74) is 0.612. The van der Waals surface area contributed by atoms with Crippen LogP contribution in [0.15, 0.2) is 18.2 Å². The van der Waals surface area contributed by atoms with Crippen LogP contribution < -0.4 is 0 Å². The van der Waals surface area contributed by atoms with Crippen LogP contribution in [0.3, 0.4) is 0 Å². The smallest absolute Gasteiger partial charge is 0.356 e. The van der Waals surface area contributed by atoms with Crippen LogP contribution >= 0.6 is 0 Å². The van der Waals surface area contributed by atoms with Gasteiger partial charge in [-0.25, -0.2) is 26.3 Å². The van der Waals surface area contributed by atoms with Crippen molar-refractivity contribution in [2.75, 3.05) is 52.1 Å². The average molecular weight is 596 g/mol. The molecule has 0 saturated carbocycles. The molecule has 0 aromatic heterocycles. The van der Waals surface area contributed by atoms with Gasteiger partial charge >= 0.3 is 12.5 Å². The molecule has 3 aliphatic heterocycles. The lowest BCUT2D eigenvalue weighted by Crippen LogP contribution is -2.44. The summed E-state index contributed by atoms with van der Waals surface area (Å²) in [6.07, 6.45) is 0.0476. The van der Waals surface area contributed by atoms with E-state index in [1.165, 1.54) is 22.7 Å². The van der Waals surface area contributed by atoms with E-state index >= 15 is 0 Å². The van der Waals surface area contributed by atoms with Gasteiger partial charge in [0.05, 0.1) is 6.26 Å². The molecule has 0 unspecified atom stereocenters. The molecule has 3 saturated heterocycles. The molecule has 1 aromatic carbocycles. The maximum absolute atomic E-state index is 14.1. The number of alkyl halides is 3. The summed E-state index contributed by atoms with van der Waals surface area (Å²) in [6.45, 7) is 3.78. The molecular weight excluding hydrogens is 557 g/mol. The number of amides is 1. The minimum Gasteiger partial charge on any atom is -0.356 e. The summed E-state index contributed by atoms with van der Waals surface area (Å²) in [5.74, 6) is -0.429. The van der Waals surface area contributed by atoms with Gasteiger partial charge in [0.1, 0.15) is 11.6 Å². The van der Waals surface area contributed by atoms with E-state index in [9.17, 15) is 35.2 Å². The molecule has 3 fully saturated rings. The third kappa shape index (κ3) is 8.51. The van der Waals surface area contributed by atoms with Crippen molar-refractivity contribution in [3.05, 3.63) is 35.4 Å². The van der Waals surface area contributed by atoms with Crippen molar-refractivity contribution in [1.29, 1.82) is 0 Å². The zero-order valence-corrected chi connectivity index (χ0v) is 23.5. The Morgan fingerprint density at radius 2 is 1.43 bits per heavy atom. The minimum absolute atomic E-state index is 0.0922. The number of sulfonamides is 1. The van der Waals surface area contributed by atoms with Crippen molar-refractivity contribution in [3.8, 4) is 0 Å². The molecule has 0 N–H and O–H groups in total. The normalized spacial score (nSPS) is 22.4. The van der Waals surface area contributed by atoms with Crippen LogP contribution in [0.1, 0.15) is 56.4 Å². The number of hydrogen-bond acceptors (Lipinski definition) is 5. The Balaban J connectivity index is 1.29. The molecule has 226 valence electrons. The van der Waals surface area contributed by atoms with E-state index < -0.39 is 34.1 Å². The Morgan fingerprint density at radius 3 is 1.93 bits per heavy atom. The van der Waals surface area contributed by atoms with Crippen LogP contribution in [0, 0.1) is 29.4 Å². The van der Waals surface area contributed by atoms with Gasteiger partial charge in [-0.05, 0) is 106 Å². The molecule has 13 heteroatoms. The number of halogens is 5. The molecule has 1 atom stereocenters. The first-order chi connectivity index (χ1) is 18.8. The van der Waals surface area contributed by atoms with Crippen LogP contribution in [-0.4, -0.2) is 87.0 Å². The molecule has 0 radical (unpaired) electrons. The first-order valence-corrected chi connectivity index (χ1v) is 15.8. The summed E-state index contributed by atoms with van der Waals surface area (Å²) in [4.78, 5) is 15.2. The Labute approximate surface area is 232 Å². The lowest BCUT2D eigenvalue weighted by Gasteiger charge is -2.40. The zero-order valence-electron chi connectivity index (χ0n) is 22.7. The highest BCUT2D eigenvalue weighted by Gasteiger charge is 2.38. The van der Waals surface area contributed by atoms with E-state index in [2.05, 4.69) is 9.64 Å². The third-order valence-corrected chi connectivity index (χ3v) is 10.2. The number of carbonyl (C=O) groups is 1. The number of likely N-dealkylation sites (tertiary alicyclic amines) is 2. The number of ether oxygens (including phenoxy) is 1. The van der Waals surface area contributed by atoms with Crippen molar-refractivity contribution in [1.82, 2.24) is 14.1 Å². The monoisotopic (exact) mass is 595 g/mol. The molecule has 0 aliphatic carbocycles. The standard InChI is InChI=1S/C27H38F5N3O4S/c1-40(37,38)35-14-6-21(7-15-35)25(22-16-23(28)18-24(29)17-22)8-11-33-9-2-19(3-10-33)20-4-12-34(13-5-20)26(36)39-27(30,31)32/h16-21,25H,2-15H2,1H3/t25-/m1/s1. The number of hydrogen-bond donors (Lipinski definition) is 0. The highest BCUT2D eigenvalue weighted by molar-refractivity contribution is 7.88. The SMILES string of the molecule is CS(=O)(=O)N1CCC([C@@H](CCN2CCC(C3CCN(C(=O)OC(F)(F)F)CC3)CC2)c2cc(F)cc(F)c2)CC1. The van der Waals surface area contributed by atoms with E-state index in [1.807, 2.05) is 0 Å². The van der Waals surface area contributed by atoms with Gasteiger partial charge in [0, 0.05) is 32.2 Å². The van der Waals surface area contributed by atoms with Gasteiger partial charge in [-0.2, -0.15) is 0 Å². The third-order valence-electron chi connectivity index (χ3n) is 8.91. The van der Waals surface area contributed by atoms with Gasteiger partial charge in [-0.3, -0.25) is 0 Å². The van der Waals surface area contributed by atoms with Crippen LogP contribution in [0.4, 0.5) is 26.7 Å². The average Bonchev–Trinajstić information content (AvgIpc) is 2.87. The first kappa shape index (κ1) is 31.0. The van der Waals surface area contributed by atoms with Crippen molar-refractivity contribution in [2.45, 2.75) is 57.2 Å². The fraction of sp³-hybridized carbons (Fsp3) is 0.741. The highest BCUT2D eigenvalue weighted by atomic mass is 32.2.